The van der Waals surface area contributed by atoms with Crippen molar-refractivity contribution in [3.05, 3.63) is 71.0 Å². The smallest absolute Gasteiger partial charge is 0.127 e. The molecule has 2 unspecified atom stereocenters. The Kier molecular flexibility index (Phi) is 4.49. The molecule has 0 spiro atoms. The molecule has 0 heterocycles. The molecule has 0 aliphatic carbocycles. The molecule has 0 bridgehead atoms. The highest BCUT2D eigenvalue weighted by atomic mass is 19.1. The topological polar surface area (TPSA) is 35.8 Å². The van der Waals surface area contributed by atoms with Gasteiger partial charge in [-0.3, -0.25) is 0 Å². The van der Waals surface area contributed by atoms with Crippen LogP contribution in [0.15, 0.2) is 48.5 Å². The molecule has 20 heavy (non-hydrogen) atoms. The SMILES string of the molecule is CC(NC(C)c1ccccc1F)c1cccc(C#N)c1. The predicted molar refractivity (Wildman–Crippen MR) is 77.5 cm³/mol. The molecule has 0 radical (unpaired) electrons. The zero-order chi connectivity index (χ0) is 14.5. The predicted octanol–water partition coefficient (Wildman–Crippen LogP) is 4.11. The highest BCUT2D eigenvalue weighted by Gasteiger charge is 2.14. The van der Waals surface area contributed by atoms with Gasteiger partial charge in [-0.05, 0) is 37.6 Å². The molecule has 0 saturated heterocycles. The molecule has 2 atom stereocenters. The molecule has 0 aliphatic rings. The maximum atomic E-state index is 13.7. The van der Waals surface area contributed by atoms with Crippen molar-refractivity contribution >= 4 is 0 Å². The van der Waals surface area contributed by atoms with E-state index in [1.165, 1.54) is 6.07 Å². The maximum Gasteiger partial charge on any atom is 0.127 e. The van der Waals surface area contributed by atoms with Gasteiger partial charge in [0.25, 0.3) is 0 Å². The van der Waals surface area contributed by atoms with Gasteiger partial charge in [0.2, 0.25) is 0 Å². The lowest BCUT2D eigenvalue weighted by molar-refractivity contribution is 0.474. The first-order valence-electron chi connectivity index (χ1n) is 6.62. The average molecular weight is 268 g/mol. The third-order valence-corrected chi connectivity index (χ3v) is 3.39. The molecule has 2 rings (SSSR count). The molecule has 102 valence electrons. The van der Waals surface area contributed by atoms with Crippen LogP contribution in [0, 0.1) is 17.1 Å². The number of nitrogens with zero attached hydrogens (tertiary/aromatic N) is 1. The molecule has 2 aromatic rings. The summed E-state index contributed by atoms with van der Waals surface area (Å²) < 4.78 is 13.7. The summed E-state index contributed by atoms with van der Waals surface area (Å²) in [6.07, 6.45) is 0. The lowest BCUT2D eigenvalue weighted by atomic mass is 10.0. The standard InChI is InChI=1S/C17H17FN2/c1-12(15-7-5-6-14(10-15)11-19)20-13(2)16-8-3-4-9-17(16)18/h3-10,12-13,20H,1-2H3. The summed E-state index contributed by atoms with van der Waals surface area (Å²) in [6, 6.07) is 16.3. The Hall–Kier alpha value is -2.18. The highest BCUT2D eigenvalue weighted by molar-refractivity contribution is 5.34. The van der Waals surface area contributed by atoms with Crippen molar-refractivity contribution < 1.29 is 4.39 Å². The van der Waals surface area contributed by atoms with Gasteiger partial charge in [-0.2, -0.15) is 5.26 Å². The number of hydrogen-bond acceptors (Lipinski definition) is 2. The molecule has 2 aromatic carbocycles. The first-order chi connectivity index (χ1) is 9.61. The summed E-state index contributed by atoms with van der Waals surface area (Å²) in [5.41, 5.74) is 2.30. The van der Waals surface area contributed by atoms with E-state index >= 15 is 0 Å². The van der Waals surface area contributed by atoms with Gasteiger partial charge in [-0.1, -0.05) is 30.3 Å². The normalized spacial score (nSPS) is 13.5. The van der Waals surface area contributed by atoms with Gasteiger partial charge in [0.05, 0.1) is 11.6 Å². The quantitative estimate of drug-likeness (QED) is 0.905. The Morgan fingerprint density at radius 1 is 1.05 bits per heavy atom. The summed E-state index contributed by atoms with van der Waals surface area (Å²) >= 11 is 0. The van der Waals surface area contributed by atoms with E-state index in [0.717, 1.165) is 5.56 Å². The number of benzene rings is 2. The second-order valence-corrected chi connectivity index (χ2v) is 4.87. The van der Waals surface area contributed by atoms with Crippen LogP contribution in [-0.4, -0.2) is 0 Å². The van der Waals surface area contributed by atoms with E-state index in [-0.39, 0.29) is 17.9 Å². The summed E-state index contributed by atoms with van der Waals surface area (Å²) in [5, 5.41) is 12.3. The molecule has 0 amide bonds. The van der Waals surface area contributed by atoms with Crippen LogP contribution in [0.3, 0.4) is 0 Å². The lowest BCUT2D eigenvalue weighted by Gasteiger charge is -2.21. The molecule has 0 saturated carbocycles. The van der Waals surface area contributed by atoms with Gasteiger partial charge in [0.15, 0.2) is 0 Å². The van der Waals surface area contributed by atoms with Gasteiger partial charge in [-0.15, -0.1) is 0 Å². The monoisotopic (exact) mass is 268 g/mol. The summed E-state index contributed by atoms with van der Waals surface area (Å²) in [7, 11) is 0. The minimum atomic E-state index is -0.203. The fraction of sp³-hybridized carbons (Fsp3) is 0.235. The molecule has 2 nitrogen and oxygen atoms in total. The van der Waals surface area contributed by atoms with Crippen LogP contribution < -0.4 is 5.32 Å². The number of halogens is 1. The van der Waals surface area contributed by atoms with Crippen LogP contribution in [0.4, 0.5) is 4.39 Å². The molecule has 1 N–H and O–H groups in total. The number of hydrogen-bond donors (Lipinski definition) is 1. The van der Waals surface area contributed by atoms with Gasteiger partial charge in [0.1, 0.15) is 5.82 Å². The molecular formula is C17H17FN2. The van der Waals surface area contributed by atoms with Crippen LogP contribution >= 0.6 is 0 Å². The van der Waals surface area contributed by atoms with Gasteiger partial charge >= 0.3 is 0 Å². The summed E-state index contributed by atoms with van der Waals surface area (Å²) in [6.45, 7) is 3.94. The highest BCUT2D eigenvalue weighted by Crippen LogP contribution is 2.21. The van der Waals surface area contributed by atoms with Crippen molar-refractivity contribution in [2.75, 3.05) is 0 Å². The zero-order valence-corrected chi connectivity index (χ0v) is 11.6. The largest absolute Gasteiger partial charge is 0.304 e. The molecule has 0 aromatic heterocycles. The van der Waals surface area contributed by atoms with Crippen LogP contribution in [-0.2, 0) is 0 Å². The van der Waals surface area contributed by atoms with Crippen molar-refractivity contribution in [2.24, 2.45) is 0 Å². The Morgan fingerprint density at radius 3 is 2.50 bits per heavy atom. The third kappa shape index (κ3) is 3.23. The number of nitriles is 1. The van der Waals surface area contributed by atoms with E-state index in [0.29, 0.717) is 11.1 Å². The van der Waals surface area contributed by atoms with Gasteiger partial charge in [-0.25, -0.2) is 4.39 Å². The summed E-state index contributed by atoms with van der Waals surface area (Å²) in [5.74, 6) is -0.203. The first-order valence-corrected chi connectivity index (χ1v) is 6.62. The van der Waals surface area contributed by atoms with Crippen molar-refractivity contribution in [3.63, 3.8) is 0 Å². The Morgan fingerprint density at radius 2 is 1.80 bits per heavy atom. The van der Waals surface area contributed by atoms with Crippen molar-refractivity contribution in [2.45, 2.75) is 25.9 Å². The van der Waals surface area contributed by atoms with Crippen molar-refractivity contribution in [3.8, 4) is 6.07 Å². The minimum Gasteiger partial charge on any atom is -0.304 e. The van der Waals surface area contributed by atoms with E-state index < -0.39 is 0 Å². The van der Waals surface area contributed by atoms with E-state index in [2.05, 4.69) is 11.4 Å². The Labute approximate surface area is 118 Å². The van der Waals surface area contributed by atoms with Crippen LogP contribution in [0.5, 0.6) is 0 Å². The number of rotatable bonds is 4. The third-order valence-electron chi connectivity index (χ3n) is 3.39. The average Bonchev–Trinajstić information content (AvgIpc) is 2.47. The van der Waals surface area contributed by atoms with E-state index in [1.807, 2.05) is 38.1 Å². The first kappa shape index (κ1) is 14.2. The lowest BCUT2D eigenvalue weighted by Crippen LogP contribution is -2.23. The minimum absolute atomic E-state index is 0.0397. The van der Waals surface area contributed by atoms with Gasteiger partial charge < -0.3 is 5.32 Å². The molecule has 0 fully saturated rings. The molecule has 0 aliphatic heterocycles. The van der Waals surface area contributed by atoms with E-state index in [9.17, 15) is 4.39 Å². The van der Waals surface area contributed by atoms with Crippen molar-refractivity contribution in [1.29, 1.82) is 5.26 Å². The Balaban J connectivity index is 2.13. The second-order valence-electron chi connectivity index (χ2n) is 4.87. The van der Waals surface area contributed by atoms with Gasteiger partial charge in [0, 0.05) is 17.6 Å². The molecular weight excluding hydrogens is 251 g/mol. The van der Waals surface area contributed by atoms with Crippen LogP contribution in [0.2, 0.25) is 0 Å². The second kappa shape index (κ2) is 6.31. The fourth-order valence-corrected chi connectivity index (χ4v) is 2.26. The summed E-state index contributed by atoms with van der Waals surface area (Å²) in [4.78, 5) is 0. The van der Waals surface area contributed by atoms with E-state index in [4.69, 9.17) is 5.26 Å². The van der Waals surface area contributed by atoms with Crippen LogP contribution in [0.1, 0.15) is 42.6 Å². The van der Waals surface area contributed by atoms with Crippen molar-refractivity contribution in [1.82, 2.24) is 5.32 Å². The Bertz CT molecular complexity index is 631. The zero-order valence-electron chi connectivity index (χ0n) is 11.6. The maximum absolute atomic E-state index is 13.7. The number of nitrogens with one attached hydrogen (secondary N) is 1. The fourth-order valence-electron chi connectivity index (χ4n) is 2.26. The molecule has 3 heteroatoms. The van der Waals surface area contributed by atoms with E-state index in [1.54, 1.807) is 18.2 Å². The van der Waals surface area contributed by atoms with Crippen LogP contribution in [0.25, 0.3) is 0 Å².